The van der Waals surface area contributed by atoms with E-state index >= 15 is 0 Å². The van der Waals surface area contributed by atoms with E-state index in [0.29, 0.717) is 10.9 Å². The Kier molecular flexibility index (Phi) is 1.52. The second-order valence-electron chi connectivity index (χ2n) is 3.51. The van der Waals surface area contributed by atoms with E-state index in [0.717, 1.165) is 0 Å². The summed E-state index contributed by atoms with van der Waals surface area (Å²) in [5.41, 5.74) is -1.82. The molecule has 1 aromatic carbocycles. The van der Waals surface area contributed by atoms with Gasteiger partial charge in [-0.15, -0.1) is 10.2 Å². The van der Waals surface area contributed by atoms with E-state index in [2.05, 4.69) is 20.4 Å². The van der Waals surface area contributed by atoms with Crippen LogP contribution >= 0.6 is 0 Å². The van der Waals surface area contributed by atoms with Gasteiger partial charge in [0, 0.05) is 10.9 Å². The largest absolute Gasteiger partial charge is 0.442 e. The Morgan fingerprint density at radius 3 is 2.56 bits per heavy atom. The highest BCUT2D eigenvalue weighted by Gasteiger charge is 2.65. The summed E-state index contributed by atoms with van der Waals surface area (Å²) in [6, 6.07) is 4.54. The molecular formula is C9H5F3N4. The van der Waals surface area contributed by atoms with Gasteiger partial charge in [0.25, 0.3) is 0 Å². The first-order valence-electron chi connectivity index (χ1n) is 4.48. The average Bonchev–Trinajstić information content (AvgIpc) is 2.89. The zero-order valence-electron chi connectivity index (χ0n) is 7.78. The van der Waals surface area contributed by atoms with Crippen LogP contribution in [-0.2, 0) is 5.66 Å². The molecule has 3 rings (SSSR count). The lowest BCUT2D eigenvalue weighted by atomic mass is 9.99. The van der Waals surface area contributed by atoms with Crippen LogP contribution in [0.15, 0.2) is 34.6 Å². The molecule has 0 amide bonds. The quantitative estimate of drug-likeness (QED) is 0.798. The monoisotopic (exact) mass is 226 g/mol. The Hall–Kier alpha value is -1.92. The van der Waals surface area contributed by atoms with Crippen LogP contribution in [0.1, 0.15) is 5.56 Å². The fourth-order valence-electron chi connectivity index (χ4n) is 1.70. The second-order valence-corrected chi connectivity index (χ2v) is 3.51. The van der Waals surface area contributed by atoms with Gasteiger partial charge in [-0.1, -0.05) is 12.1 Å². The third-order valence-corrected chi connectivity index (χ3v) is 2.56. The second kappa shape index (κ2) is 2.60. The van der Waals surface area contributed by atoms with Crippen LogP contribution in [0, 0.1) is 0 Å². The maximum Gasteiger partial charge on any atom is 0.442 e. The number of fused-ring (bicyclic) bond motifs is 1. The van der Waals surface area contributed by atoms with E-state index in [-0.39, 0.29) is 5.56 Å². The number of hydrogen-bond acceptors (Lipinski definition) is 3. The highest BCUT2D eigenvalue weighted by Crippen LogP contribution is 2.53. The molecule has 16 heavy (non-hydrogen) atoms. The molecule has 0 atom stereocenters. The average molecular weight is 226 g/mol. The third-order valence-electron chi connectivity index (χ3n) is 2.56. The van der Waals surface area contributed by atoms with Crippen molar-refractivity contribution in [3.05, 3.63) is 30.0 Å². The smallest absolute Gasteiger partial charge is 0.278 e. The Morgan fingerprint density at radius 1 is 1.19 bits per heavy atom. The molecule has 1 aromatic heterocycles. The topological polar surface area (TPSA) is 53.4 Å². The number of aromatic nitrogens is 2. The molecule has 1 aliphatic heterocycles. The van der Waals surface area contributed by atoms with Crippen LogP contribution in [0.5, 0.6) is 0 Å². The molecule has 0 unspecified atom stereocenters. The van der Waals surface area contributed by atoms with Crippen molar-refractivity contribution in [3.8, 4) is 0 Å². The van der Waals surface area contributed by atoms with Crippen molar-refractivity contribution in [2.45, 2.75) is 11.8 Å². The molecule has 7 heteroatoms. The maximum atomic E-state index is 12.8. The minimum atomic E-state index is -4.50. The molecule has 0 spiro atoms. The van der Waals surface area contributed by atoms with Crippen LogP contribution in [-0.4, -0.2) is 16.4 Å². The van der Waals surface area contributed by atoms with Crippen LogP contribution in [0.4, 0.5) is 13.2 Å². The van der Waals surface area contributed by atoms with Gasteiger partial charge in [0.2, 0.25) is 0 Å². The minimum absolute atomic E-state index is 0.0197. The zero-order valence-corrected chi connectivity index (χ0v) is 7.78. The number of benzene rings is 1. The van der Waals surface area contributed by atoms with Gasteiger partial charge in [0.05, 0.1) is 11.7 Å². The molecule has 82 valence electrons. The van der Waals surface area contributed by atoms with Gasteiger partial charge < -0.3 is 0 Å². The number of alkyl halides is 3. The highest BCUT2D eigenvalue weighted by molar-refractivity contribution is 5.83. The van der Waals surface area contributed by atoms with E-state index < -0.39 is 11.8 Å². The number of nitrogens with zero attached hydrogens (tertiary/aromatic N) is 3. The molecular weight excluding hydrogens is 221 g/mol. The number of hydrogen-bond donors (Lipinski definition) is 1. The van der Waals surface area contributed by atoms with Gasteiger partial charge in [-0.2, -0.15) is 18.3 Å². The highest BCUT2D eigenvalue weighted by atomic mass is 19.4. The molecule has 1 aliphatic rings. The lowest BCUT2D eigenvalue weighted by molar-refractivity contribution is -0.165. The molecule has 0 saturated carbocycles. The number of H-pyrrole nitrogens is 1. The molecule has 2 aromatic rings. The summed E-state index contributed by atoms with van der Waals surface area (Å²) < 4.78 is 38.4. The predicted molar refractivity (Wildman–Crippen MR) is 48.7 cm³/mol. The van der Waals surface area contributed by atoms with Crippen molar-refractivity contribution in [2.75, 3.05) is 0 Å². The van der Waals surface area contributed by atoms with Crippen molar-refractivity contribution in [3.63, 3.8) is 0 Å². The Balaban J connectivity index is 2.24. The zero-order chi connectivity index (χ0) is 11.4. The van der Waals surface area contributed by atoms with Gasteiger partial charge in [0.1, 0.15) is 0 Å². The first-order valence-corrected chi connectivity index (χ1v) is 4.48. The molecule has 0 saturated heterocycles. The van der Waals surface area contributed by atoms with Crippen LogP contribution in [0.25, 0.3) is 10.9 Å². The van der Waals surface area contributed by atoms with Gasteiger partial charge in [-0.3, -0.25) is 5.10 Å². The summed E-state index contributed by atoms with van der Waals surface area (Å²) in [4.78, 5) is 0. The fraction of sp³-hybridized carbons (Fsp3) is 0.222. The normalized spacial score (nSPS) is 17.9. The van der Waals surface area contributed by atoms with Crippen molar-refractivity contribution in [1.82, 2.24) is 10.2 Å². The van der Waals surface area contributed by atoms with Crippen molar-refractivity contribution < 1.29 is 13.2 Å². The predicted octanol–water partition coefficient (Wildman–Crippen LogP) is 2.74. The number of rotatable bonds is 1. The van der Waals surface area contributed by atoms with Gasteiger partial charge >= 0.3 is 11.8 Å². The van der Waals surface area contributed by atoms with Crippen molar-refractivity contribution in [1.29, 1.82) is 0 Å². The SMILES string of the molecule is FC(F)(F)C1(c2cccc3[nH]ncc23)N=N1. The van der Waals surface area contributed by atoms with Gasteiger partial charge in [0.15, 0.2) is 0 Å². The summed E-state index contributed by atoms with van der Waals surface area (Å²) in [7, 11) is 0. The van der Waals surface area contributed by atoms with Gasteiger partial charge in [-0.25, -0.2) is 0 Å². The van der Waals surface area contributed by atoms with Crippen LogP contribution < -0.4 is 0 Å². The molecule has 0 bridgehead atoms. The van der Waals surface area contributed by atoms with E-state index in [4.69, 9.17) is 0 Å². The van der Waals surface area contributed by atoms with Crippen molar-refractivity contribution in [2.24, 2.45) is 10.2 Å². The van der Waals surface area contributed by atoms with Crippen LogP contribution in [0.2, 0.25) is 0 Å². The van der Waals surface area contributed by atoms with E-state index in [9.17, 15) is 13.2 Å². The first kappa shape index (κ1) is 9.32. The Morgan fingerprint density at radius 2 is 1.94 bits per heavy atom. The number of aromatic amines is 1. The van der Waals surface area contributed by atoms with Crippen LogP contribution in [0.3, 0.4) is 0 Å². The lowest BCUT2D eigenvalue weighted by Crippen LogP contribution is -2.30. The third kappa shape index (κ3) is 1.02. The van der Waals surface area contributed by atoms with E-state index in [1.54, 1.807) is 6.07 Å². The summed E-state index contributed by atoms with van der Waals surface area (Å²) in [6.45, 7) is 0. The minimum Gasteiger partial charge on any atom is -0.278 e. The molecule has 2 heterocycles. The molecule has 0 aliphatic carbocycles. The summed E-state index contributed by atoms with van der Waals surface area (Å²) in [5, 5.41) is 13.0. The Labute approximate surface area is 87.2 Å². The molecule has 0 radical (unpaired) electrons. The summed E-state index contributed by atoms with van der Waals surface area (Å²) >= 11 is 0. The molecule has 4 nitrogen and oxygen atoms in total. The Bertz CT molecular complexity index is 578. The molecule has 1 N–H and O–H groups in total. The summed E-state index contributed by atoms with van der Waals surface area (Å²) in [6.07, 6.45) is -3.15. The van der Waals surface area contributed by atoms with E-state index in [1.165, 1.54) is 18.3 Å². The van der Waals surface area contributed by atoms with Crippen molar-refractivity contribution >= 4 is 10.9 Å². The molecule has 0 fully saturated rings. The van der Waals surface area contributed by atoms with Gasteiger partial charge in [-0.05, 0) is 6.07 Å². The maximum absolute atomic E-state index is 12.8. The number of halogens is 3. The number of nitrogens with one attached hydrogen (secondary N) is 1. The standard InChI is InChI=1S/C9H5F3N4/c10-9(11,12)8(15-16-8)6-2-1-3-7-5(6)4-13-14-7/h1-4H,(H,13,14). The fourth-order valence-corrected chi connectivity index (χ4v) is 1.70. The van der Waals surface area contributed by atoms with E-state index in [1.807, 2.05) is 0 Å². The summed E-state index contributed by atoms with van der Waals surface area (Å²) in [5.74, 6) is 0. The first-order chi connectivity index (χ1) is 7.55. The lowest BCUT2D eigenvalue weighted by Gasteiger charge is -2.15.